The Labute approximate surface area is 115 Å². The molecule has 1 fully saturated rings. The summed E-state index contributed by atoms with van der Waals surface area (Å²) < 4.78 is 0. The number of hydrogen-bond acceptors (Lipinski definition) is 5. The number of aliphatic hydroxyl groups is 1. The van der Waals surface area contributed by atoms with Crippen LogP contribution in [0.1, 0.15) is 18.1 Å². The Morgan fingerprint density at radius 3 is 2.63 bits per heavy atom. The summed E-state index contributed by atoms with van der Waals surface area (Å²) in [6, 6.07) is 3.79. The number of pyridine rings is 1. The Bertz CT molecular complexity index is 352. The standard InChI is InChI=1S/C14H24N4O/c15-4-2-6-17-7-9-18(10-8-17)12-14(19)13-3-1-5-16-11-13/h1,3,5,11,14,19H,2,4,6-10,12,15H2. The summed E-state index contributed by atoms with van der Waals surface area (Å²) in [5.74, 6) is 0. The zero-order valence-electron chi connectivity index (χ0n) is 11.4. The van der Waals surface area contributed by atoms with Gasteiger partial charge in [-0.15, -0.1) is 0 Å². The van der Waals surface area contributed by atoms with E-state index in [-0.39, 0.29) is 0 Å². The van der Waals surface area contributed by atoms with Crippen molar-refractivity contribution in [2.24, 2.45) is 5.73 Å². The molecule has 1 unspecified atom stereocenters. The van der Waals surface area contributed by atoms with E-state index in [2.05, 4.69) is 14.8 Å². The van der Waals surface area contributed by atoms with Crippen molar-refractivity contribution in [3.8, 4) is 0 Å². The topological polar surface area (TPSA) is 65.6 Å². The predicted molar refractivity (Wildman–Crippen MR) is 75.7 cm³/mol. The van der Waals surface area contributed by atoms with Crippen LogP contribution in [0.25, 0.3) is 0 Å². The number of piperazine rings is 1. The molecule has 1 atom stereocenters. The first-order chi connectivity index (χ1) is 9.29. The summed E-state index contributed by atoms with van der Waals surface area (Å²) >= 11 is 0. The molecule has 1 aromatic heterocycles. The van der Waals surface area contributed by atoms with Crippen molar-refractivity contribution in [1.82, 2.24) is 14.8 Å². The molecule has 1 aromatic rings. The zero-order valence-corrected chi connectivity index (χ0v) is 11.4. The SMILES string of the molecule is NCCCN1CCN(CC(O)c2cccnc2)CC1. The summed E-state index contributed by atoms with van der Waals surface area (Å²) in [5.41, 5.74) is 6.42. The van der Waals surface area contributed by atoms with Gasteiger partial charge in [-0.05, 0) is 25.6 Å². The van der Waals surface area contributed by atoms with Gasteiger partial charge in [0, 0.05) is 50.7 Å². The van der Waals surface area contributed by atoms with E-state index >= 15 is 0 Å². The quantitative estimate of drug-likeness (QED) is 0.762. The highest BCUT2D eigenvalue weighted by atomic mass is 16.3. The summed E-state index contributed by atoms with van der Waals surface area (Å²) in [6.45, 7) is 6.72. The van der Waals surface area contributed by atoms with Crippen molar-refractivity contribution < 1.29 is 5.11 Å². The highest BCUT2D eigenvalue weighted by molar-refractivity contribution is 5.12. The lowest BCUT2D eigenvalue weighted by Gasteiger charge is -2.35. The third-order valence-electron chi connectivity index (χ3n) is 3.64. The van der Waals surface area contributed by atoms with E-state index in [0.717, 1.165) is 51.3 Å². The molecule has 0 aromatic carbocycles. The van der Waals surface area contributed by atoms with Gasteiger partial charge in [-0.3, -0.25) is 9.88 Å². The first-order valence-electron chi connectivity index (χ1n) is 7.02. The normalized spacial score (nSPS) is 19.5. The van der Waals surface area contributed by atoms with Gasteiger partial charge in [0.1, 0.15) is 0 Å². The molecule has 19 heavy (non-hydrogen) atoms. The molecule has 0 saturated carbocycles. The number of aliphatic hydroxyl groups excluding tert-OH is 1. The largest absolute Gasteiger partial charge is 0.387 e. The van der Waals surface area contributed by atoms with Crippen molar-refractivity contribution in [2.45, 2.75) is 12.5 Å². The second-order valence-electron chi connectivity index (χ2n) is 5.09. The van der Waals surface area contributed by atoms with E-state index < -0.39 is 6.10 Å². The maximum absolute atomic E-state index is 10.2. The first kappa shape index (κ1) is 14.4. The molecular weight excluding hydrogens is 240 g/mol. The Kier molecular flexibility index (Phi) is 5.72. The minimum Gasteiger partial charge on any atom is -0.387 e. The molecular formula is C14H24N4O. The molecule has 1 aliphatic rings. The molecule has 5 nitrogen and oxygen atoms in total. The Morgan fingerprint density at radius 1 is 1.26 bits per heavy atom. The second-order valence-corrected chi connectivity index (χ2v) is 5.09. The van der Waals surface area contributed by atoms with Crippen LogP contribution >= 0.6 is 0 Å². The van der Waals surface area contributed by atoms with Gasteiger partial charge in [-0.2, -0.15) is 0 Å². The number of nitrogens with zero attached hydrogens (tertiary/aromatic N) is 3. The smallest absolute Gasteiger partial charge is 0.0931 e. The van der Waals surface area contributed by atoms with Crippen LogP contribution in [0.3, 0.4) is 0 Å². The third-order valence-corrected chi connectivity index (χ3v) is 3.64. The van der Waals surface area contributed by atoms with Gasteiger partial charge >= 0.3 is 0 Å². The molecule has 106 valence electrons. The molecule has 0 bridgehead atoms. The molecule has 0 aliphatic carbocycles. The molecule has 2 heterocycles. The Balaban J connectivity index is 1.73. The van der Waals surface area contributed by atoms with Crippen LogP contribution in [-0.2, 0) is 0 Å². The summed E-state index contributed by atoms with van der Waals surface area (Å²) in [5, 5.41) is 10.2. The molecule has 0 amide bonds. The minimum atomic E-state index is -0.440. The fourth-order valence-corrected chi connectivity index (χ4v) is 2.43. The second kappa shape index (κ2) is 7.55. The van der Waals surface area contributed by atoms with E-state index in [9.17, 15) is 5.11 Å². The van der Waals surface area contributed by atoms with Gasteiger partial charge < -0.3 is 15.7 Å². The van der Waals surface area contributed by atoms with Crippen LogP contribution in [0.15, 0.2) is 24.5 Å². The van der Waals surface area contributed by atoms with Crippen LogP contribution in [-0.4, -0.2) is 65.7 Å². The van der Waals surface area contributed by atoms with E-state index in [4.69, 9.17) is 5.73 Å². The van der Waals surface area contributed by atoms with Crippen molar-refractivity contribution >= 4 is 0 Å². The van der Waals surface area contributed by atoms with E-state index in [1.807, 2.05) is 12.1 Å². The number of nitrogens with two attached hydrogens (primary N) is 1. The van der Waals surface area contributed by atoms with E-state index in [0.29, 0.717) is 6.54 Å². The van der Waals surface area contributed by atoms with Crippen molar-refractivity contribution in [3.05, 3.63) is 30.1 Å². The van der Waals surface area contributed by atoms with Crippen LogP contribution in [0.4, 0.5) is 0 Å². The average Bonchev–Trinajstić information content (AvgIpc) is 2.47. The maximum Gasteiger partial charge on any atom is 0.0931 e. The third kappa shape index (κ3) is 4.54. The number of aromatic nitrogens is 1. The summed E-state index contributed by atoms with van der Waals surface area (Å²) in [4.78, 5) is 8.81. The van der Waals surface area contributed by atoms with Gasteiger partial charge in [0.2, 0.25) is 0 Å². The highest BCUT2D eigenvalue weighted by Crippen LogP contribution is 2.14. The maximum atomic E-state index is 10.2. The average molecular weight is 264 g/mol. The minimum absolute atomic E-state index is 0.440. The van der Waals surface area contributed by atoms with Gasteiger partial charge in [-0.25, -0.2) is 0 Å². The van der Waals surface area contributed by atoms with E-state index in [1.54, 1.807) is 12.4 Å². The Morgan fingerprint density at radius 2 is 2.00 bits per heavy atom. The van der Waals surface area contributed by atoms with Crippen LogP contribution in [0.2, 0.25) is 0 Å². The zero-order chi connectivity index (χ0) is 13.5. The molecule has 3 N–H and O–H groups in total. The summed E-state index contributed by atoms with van der Waals surface area (Å²) in [6.07, 6.45) is 4.09. The van der Waals surface area contributed by atoms with Crippen LogP contribution in [0, 0.1) is 0 Å². The lowest BCUT2D eigenvalue weighted by Crippen LogP contribution is -2.47. The number of β-amino-alcohol motifs (C(OH)–C–C–N with tert-alkyl or cyclic N) is 1. The fraction of sp³-hybridized carbons (Fsp3) is 0.643. The van der Waals surface area contributed by atoms with Crippen molar-refractivity contribution in [1.29, 1.82) is 0 Å². The summed E-state index contributed by atoms with van der Waals surface area (Å²) in [7, 11) is 0. The lowest BCUT2D eigenvalue weighted by molar-refractivity contribution is 0.0723. The monoisotopic (exact) mass is 264 g/mol. The first-order valence-corrected chi connectivity index (χ1v) is 7.02. The van der Waals surface area contributed by atoms with Gasteiger partial charge in [-0.1, -0.05) is 6.07 Å². The van der Waals surface area contributed by atoms with Crippen LogP contribution in [0.5, 0.6) is 0 Å². The molecule has 0 radical (unpaired) electrons. The van der Waals surface area contributed by atoms with Gasteiger partial charge in [0.15, 0.2) is 0 Å². The number of hydrogen-bond donors (Lipinski definition) is 2. The number of rotatable bonds is 6. The van der Waals surface area contributed by atoms with E-state index in [1.165, 1.54) is 0 Å². The molecule has 1 aliphatic heterocycles. The van der Waals surface area contributed by atoms with Gasteiger partial charge in [0.25, 0.3) is 0 Å². The molecule has 2 rings (SSSR count). The Hall–Kier alpha value is -1.01. The molecule has 5 heteroatoms. The van der Waals surface area contributed by atoms with Crippen molar-refractivity contribution in [3.63, 3.8) is 0 Å². The predicted octanol–water partition coefficient (Wildman–Crippen LogP) is 0.0814. The van der Waals surface area contributed by atoms with Crippen LogP contribution < -0.4 is 5.73 Å². The molecule has 0 spiro atoms. The fourth-order valence-electron chi connectivity index (χ4n) is 2.43. The van der Waals surface area contributed by atoms with Crippen molar-refractivity contribution in [2.75, 3.05) is 45.8 Å². The molecule has 1 saturated heterocycles. The highest BCUT2D eigenvalue weighted by Gasteiger charge is 2.19. The lowest BCUT2D eigenvalue weighted by atomic mass is 10.1. The van der Waals surface area contributed by atoms with Gasteiger partial charge in [0.05, 0.1) is 6.10 Å².